The van der Waals surface area contributed by atoms with Crippen LogP contribution in [0.5, 0.6) is 0 Å². The van der Waals surface area contributed by atoms with Crippen molar-refractivity contribution in [2.24, 2.45) is 0 Å². The van der Waals surface area contributed by atoms with E-state index in [1.165, 1.54) is 4.90 Å². The van der Waals surface area contributed by atoms with Gasteiger partial charge in [-0.1, -0.05) is 23.7 Å². The van der Waals surface area contributed by atoms with Gasteiger partial charge in [-0.3, -0.25) is 14.4 Å². The lowest BCUT2D eigenvalue weighted by Crippen LogP contribution is -2.30. The van der Waals surface area contributed by atoms with Gasteiger partial charge >= 0.3 is 0 Å². The highest BCUT2D eigenvalue weighted by molar-refractivity contribution is 7.80. The molecule has 23 heavy (non-hydrogen) atoms. The molecule has 0 unspecified atom stereocenters. The molecule has 1 saturated heterocycles. The number of benzene rings is 1. The van der Waals surface area contributed by atoms with Gasteiger partial charge in [0.25, 0.3) is 5.91 Å². The first kappa shape index (κ1) is 15.7. The minimum Gasteiger partial charge on any atom is -0.327 e. The summed E-state index contributed by atoms with van der Waals surface area (Å²) in [6, 6.07) is 7.62. The van der Waals surface area contributed by atoms with Crippen LogP contribution in [-0.2, 0) is 11.3 Å². The SMILES string of the molecule is CCn1cc(Cl)c(/C=C2/NC(=S)N(c3cccc(C)c3)C2=O)n1. The second-order valence-corrected chi connectivity index (χ2v) is 5.98. The Kier molecular flexibility index (Phi) is 4.19. The van der Waals surface area contributed by atoms with E-state index in [1.807, 2.05) is 38.1 Å². The lowest BCUT2D eigenvalue weighted by molar-refractivity contribution is -0.113. The van der Waals surface area contributed by atoms with Crippen LogP contribution >= 0.6 is 23.8 Å². The summed E-state index contributed by atoms with van der Waals surface area (Å²) in [4.78, 5) is 14.1. The molecule has 0 radical (unpaired) electrons. The van der Waals surface area contributed by atoms with Crippen molar-refractivity contribution in [3.63, 3.8) is 0 Å². The summed E-state index contributed by atoms with van der Waals surface area (Å²) in [6.07, 6.45) is 3.35. The molecule has 0 atom stereocenters. The monoisotopic (exact) mass is 346 g/mol. The number of aromatic nitrogens is 2. The molecule has 0 bridgehead atoms. The van der Waals surface area contributed by atoms with E-state index < -0.39 is 0 Å². The number of amides is 1. The Hall–Kier alpha value is -2.18. The molecule has 2 aromatic rings. The number of hydrogen-bond acceptors (Lipinski definition) is 3. The summed E-state index contributed by atoms with van der Waals surface area (Å²) < 4.78 is 1.71. The minimum atomic E-state index is -0.220. The van der Waals surface area contributed by atoms with Gasteiger partial charge in [-0.05, 0) is 49.8 Å². The number of aryl methyl sites for hydroxylation is 2. The summed E-state index contributed by atoms with van der Waals surface area (Å²) >= 11 is 11.4. The molecule has 7 heteroatoms. The van der Waals surface area contributed by atoms with Gasteiger partial charge in [-0.2, -0.15) is 5.10 Å². The second kappa shape index (κ2) is 6.14. The van der Waals surface area contributed by atoms with Crippen LogP contribution in [0.4, 0.5) is 5.69 Å². The number of thiocarbonyl (C=S) groups is 1. The topological polar surface area (TPSA) is 50.2 Å². The van der Waals surface area contributed by atoms with Crippen LogP contribution in [0.3, 0.4) is 0 Å². The van der Waals surface area contributed by atoms with E-state index in [1.54, 1.807) is 17.0 Å². The molecule has 1 N–H and O–H groups in total. The number of nitrogens with zero attached hydrogens (tertiary/aromatic N) is 3. The van der Waals surface area contributed by atoms with Crippen LogP contribution in [-0.4, -0.2) is 20.8 Å². The Labute approximate surface area is 144 Å². The first-order chi connectivity index (χ1) is 11.0. The molecular formula is C16H15ClN4OS. The van der Waals surface area contributed by atoms with E-state index in [4.69, 9.17) is 23.8 Å². The zero-order valence-electron chi connectivity index (χ0n) is 12.7. The quantitative estimate of drug-likeness (QED) is 0.685. The van der Waals surface area contributed by atoms with Crippen LogP contribution in [0.1, 0.15) is 18.2 Å². The number of anilines is 1. The molecule has 1 aliphatic rings. The molecule has 3 rings (SSSR count). The number of carbonyl (C=O) groups is 1. The molecule has 118 valence electrons. The largest absolute Gasteiger partial charge is 0.327 e. The van der Waals surface area contributed by atoms with E-state index in [2.05, 4.69) is 10.4 Å². The predicted molar refractivity (Wildman–Crippen MR) is 95.3 cm³/mol. The second-order valence-electron chi connectivity index (χ2n) is 5.19. The summed E-state index contributed by atoms with van der Waals surface area (Å²) in [7, 11) is 0. The highest BCUT2D eigenvalue weighted by Gasteiger charge is 2.32. The van der Waals surface area contributed by atoms with Gasteiger partial charge < -0.3 is 5.32 Å². The maximum absolute atomic E-state index is 12.6. The van der Waals surface area contributed by atoms with Crippen molar-refractivity contribution in [2.75, 3.05) is 4.90 Å². The van der Waals surface area contributed by atoms with Crippen molar-refractivity contribution in [1.29, 1.82) is 0 Å². The molecule has 1 amide bonds. The molecule has 2 heterocycles. The maximum atomic E-state index is 12.6. The first-order valence-corrected chi connectivity index (χ1v) is 7.95. The molecule has 0 spiro atoms. The van der Waals surface area contributed by atoms with Gasteiger partial charge in [0.1, 0.15) is 11.4 Å². The van der Waals surface area contributed by atoms with Crippen molar-refractivity contribution in [3.05, 3.63) is 52.4 Å². The van der Waals surface area contributed by atoms with E-state index >= 15 is 0 Å². The zero-order valence-corrected chi connectivity index (χ0v) is 14.3. The van der Waals surface area contributed by atoms with Crippen LogP contribution < -0.4 is 10.2 Å². The average molecular weight is 347 g/mol. The highest BCUT2D eigenvalue weighted by atomic mass is 35.5. The minimum absolute atomic E-state index is 0.220. The molecule has 1 aromatic carbocycles. The Morgan fingerprint density at radius 2 is 2.22 bits per heavy atom. The molecule has 1 aromatic heterocycles. The number of nitrogens with one attached hydrogen (secondary N) is 1. The fourth-order valence-corrected chi connectivity index (χ4v) is 2.85. The van der Waals surface area contributed by atoms with Gasteiger partial charge in [-0.25, -0.2) is 0 Å². The Balaban J connectivity index is 1.94. The molecule has 1 fully saturated rings. The van der Waals surface area contributed by atoms with Crippen LogP contribution in [0.25, 0.3) is 6.08 Å². The number of rotatable bonds is 3. The molecular weight excluding hydrogens is 332 g/mol. The van der Waals surface area contributed by atoms with E-state index in [9.17, 15) is 4.79 Å². The van der Waals surface area contributed by atoms with Crippen molar-refractivity contribution in [1.82, 2.24) is 15.1 Å². The van der Waals surface area contributed by atoms with Gasteiger partial charge in [0, 0.05) is 12.7 Å². The number of carbonyl (C=O) groups excluding carboxylic acids is 1. The Morgan fingerprint density at radius 1 is 1.43 bits per heavy atom. The molecule has 0 saturated carbocycles. The summed E-state index contributed by atoms with van der Waals surface area (Å²) in [6.45, 7) is 4.64. The maximum Gasteiger partial charge on any atom is 0.281 e. The van der Waals surface area contributed by atoms with Crippen molar-refractivity contribution in [3.8, 4) is 0 Å². The molecule has 1 aliphatic heterocycles. The predicted octanol–water partition coefficient (Wildman–Crippen LogP) is 3.13. The normalized spacial score (nSPS) is 16.3. The summed E-state index contributed by atoms with van der Waals surface area (Å²) in [5.41, 5.74) is 2.69. The van der Waals surface area contributed by atoms with Crippen LogP contribution in [0, 0.1) is 6.92 Å². The lowest BCUT2D eigenvalue weighted by Gasteiger charge is -2.14. The van der Waals surface area contributed by atoms with Gasteiger partial charge in [-0.15, -0.1) is 0 Å². The smallest absolute Gasteiger partial charge is 0.281 e. The van der Waals surface area contributed by atoms with Crippen molar-refractivity contribution >= 4 is 46.6 Å². The Morgan fingerprint density at radius 3 is 2.87 bits per heavy atom. The third-order valence-electron chi connectivity index (χ3n) is 3.49. The lowest BCUT2D eigenvalue weighted by atomic mass is 10.2. The van der Waals surface area contributed by atoms with Gasteiger partial charge in [0.15, 0.2) is 5.11 Å². The van der Waals surface area contributed by atoms with Crippen LogP contribution in [0.15, 0.2) is 36.2 Å². The van der Waals surface area contributed by atoms with Crippen molar-refractivity contribution in [2.45, 2.75) is 20.4 Å². The molecule has 5 nitrogen and oxygen atoms in total. The van der Waals surface area contributed by atoms with Crippen LogP contribution in [0.2, 0.25) is 5.02 Å². The fourth-order valence-electron chi connectivity index (χ4n) is 2.35. The first-order valence-electron chi connectivity index (χ1n) is 7.16. The van der Waals surface area contributed by atoms with E-state index in [0.29, 0.717) is 28.1 Å². The van der Waals surface area contributed by atoms with Gasteiger partial charge in [0.05, 0.1) is 10.7 Å². The standard InChI is InChI=1S/C16H15ClN4OS/c1-3-20-9-12(17)13(19-20)8-14-15(22)21(16(23)18-14)11-6-4-5-10(2)7-11/h4-9H,3H2,1-2H3,(H,18,23)/b14-8+. The summed E-state index contributed by atoms with van der Waals surface area (Å²) in [5.74, 6) is -0.220. The van der Waals surface area contributed by atoms with Gasteiger partial charge in [0.2, 0.25) is 0 Å². The highest BCUT2D eigenvalue weighted by Crippen LogP contribution is 2.24. The molecule has 0 aliphatic carbocycles. The Bertz CT molecular complexity index is 827. The zero-order chi connectivity index (χ0) is 16.6. The summed E-state index contributed by atoms with van der Waals surface area (Å²) in [5, 5.41) is 8.09. The van der Waals surface area contributed by atoms with Crippen molar-refractivity contribution < 1.29 is 4.79 Å². The number of halogens is 1. The third-order valence-corrected chi connectivity index (χ3v) is 4.06. The number of hydrogen-bond donors (Lipinski definition) is 1. The third kappa shape index (κ3) is 3.00. The fraction of sp³-hybridized carbons (Fsp3) is 0.188. The van der Waals surface area contributed by atoms with E-state index in [0.717, 1.165) is 11.3 Å². The van der Waals surface area contributed by atoms with E-state index in [-0.39, 0.29) is 5.91 Å². The average Bonchev–Trinajstić information content (AvgIpc) is 3.00.